The van der Waals surface area contributed by atoms with E-state index in [1.165, 1.54) is 0 Å². The Morgan fingerprint density at radius 2 is 1.78 bits per heavy atom. The lowest BCUT2D eigenvalue weighted by molar-refractivity contribution is 0.171. The molecule has 0 saturated heterocycles. The van der Waals surface area contributed by atoms with Gasteiger partial charge < -0.3 is 24.3 Å². The van der Waals surface area contributed by atoms with E-state index in [4.69, 9.17) is 30.5 Å². The summed E-state index contributed by atoms with van der Waals surface area (Å²) in [4.78, 5) is 0. The van der Waals surface area contributed by atoms with E-state index in [9.17, 15) is 0 Å². The fourth-order valence-corrected chi connectivity index (χ4v) is 3.28. The Labute approximate surface area is 165 Å². The molecule has 0 fully saturated rings. The summed E-state index contributed by atoms with van der Waals surface area (Å²) in [7, 11) is 0. The second kappa shape index (κ2) is 9.20. The van der Waals surface area contributed by atoms with Crippen LogP contribution in [0.15, 0.2) is 30.3 Å². The van der Waals surface area contributed by atoms with Crippen LogP contribution < -0.4 is 24.3 Å². The molecule has 27 heavy (non-hydrogen) atoms. The molecule has 146 valence electrons. The van der Waals surface area contributed by atoms with E-state index in [1.807, 2.05) is 38.1 Å². The lowest BCUT2D eigenvalue weighted by atomic mass is 10.1. The summed E-state index contributed by atoms with van der Waals surface area (Å²) < 4.78 is 22.6. The van der Waals surface area contributed by atoms with Gasteiger partial charge in [0.1, 0.15) is 13.2 Å². The maximum absolute atomic E-state index is 6.32. The van der Waals surface area contributed by atoms with Gasteiger partial charge in [0.2, 0.25) is 0 Å². The highest BCUT2D eigenvalue weighted by molar-refractivity contribution is 6.32. The molecule has 1 unspecified atom stereocenters. The Morgan fingerprint density at radius 3 is 2.56 bits per heavy atom. The third-order valence-corrected chi connectivity index (χ3v) is 4.62. The average molecular weight is 392 g/mol. The molecule has 0 aromatic heterocycles. The minimum Gasteiger partial charge on any atom is -0.490 e. The summed E-state index contributed by atoms with van der Waals surface area (Å²) in [6.45, 7) is 8.99. The van der Waals surface area contributed by atoms with Gasteiger partial charge in [-0.2, -0.15) is 0 Å². The molecule has 1 aliphatic heterocycles. The van der Waals surface area contributed by atoms with Crippen molar-refractivity contribution in [3.8, 4) is 23.0 Å². The van der Waals surface area contributed by atoms with Crippen molar-refractivity contribution in [1.29, 1.82) is 0 Å². The standard InChI is InChI=1S/C21H26ClNO4/c1-4-24-18-7-6-16(12-19(18)25-5-2)14(3)23-13-15-10-17(22)21-20(11-15)26-8-9-27-21/h6-7,10-12,14,23H,4-5,8-9,13H2,1-3H3. The highest BCUT2D eigenvalue weighted by Gasteiger charge is 2.17. The zero-order chi connectivity index (χ0) is 19.2. The van der Waals surface area contributed by atoms with Crippen molar-refractivity contribution in [2.75, 3.05) is 26.4 Å². The lowest BCUT2D eigenvalue weighted by Crippen LogP contribution is -2.19. The largest absolute Gasteiger partial charge is 0.490 e. The first-order valence-electron chi connectivity index (χ1n) is 9.33. The van der Waals surface area contributed by atoms with Crippen molar-refractivity contribution in [2.45, 2.75) is 33.4 Å². The number of halogens is 1. The Bertz CT molecular complexity index is 781. The Balaban J connectivity index is 1.69. The quantitative estimate of drug-likeness (QED) is 0.703. The molecule has 1 heterocycles. The van der Waals surface area contributed by atoms with E-state index in [1.54, 1.807) is 0 Å². The van der Waals surface area contributed by atoms with Crippen LogP contribution in [0.2, 0.25) is 5.02 Å². The molecular formula is C21H26ClNO4. The summed E-state index contributed by atoms with van der Waals surface area (Å²) in [6, 6.07) is 10.1. The normalized spacial score (nSPS) is 13.9. The van der Waals surface area contributed by atoms with Crippen LogP contribution in [0.4, 0.5) is 0 Å². The highest BCUT2D eigenvalue weighted by Crippen LogP contribution is 2.38. The average Bonchev–Trinajstić information content (AvgIpc) is 2.68. The zero-order valence-corrected chi connectivity index (χ0v) is 16.8. The first-order valence-corrected chi connectivity index (χ1v) is 9.71. The molecule has 3 rings (SSSR count). The second-order valence-electron chi connectivity index (χ2n) is 6.28. The van der Waals surface area contributed by atoms with Crippen LogP contribution in [0.3, 0.4) is 0 Å². The highest BCUT2D eigenvalue weighted by atomic mass is 35.5. The molecule has 0 saturated carbocycles. The van der Waals surface area contributed by atoms with Gasteiger partial charge in [-0.3, -0.25) is 0 Å². The van der Waals surface area contributed by atoms with Crippen molar-refractivity contribution in [3.05, 3.63) is 46.5 Å². The summed E-state index contributed by atoms with van der Waals surface area (Å²) in [6.07, 6.45) is 0. The topological polar surface area (TPSA) is 49.0 Å². The monoisotopic (exact) mass is 391 g/mol. The molecule has 0 radical (unpaired) electrons. The predicted octanol–water partition coefficient (Wildman–Crippen LogP) is 4.76. The van der Waals surface area contributed by atoms with Gasteiger partial charge in [-0.15, -0.1) is 0 Å². The molecule has 0 spiro atoms. The number of benzene rings is 2. The minimum absolute atomic E-state index is 0.131. The summed E-state index contributed by atoms with van der Waals surface area (Å²) in [5.41, 5.74) is 2.18. The van der Waals surface area contributed by atoms with Gasteiger partial charge in [0, 0.05) is 12.6 Å². The summed E-state index contributed by atoms with van der Waals surface area (Å²) in [5.74, 6) is 2.88. The summed E-state index contributed by atoms with van der Waals surface area (Å²) >= 11 is 6.32. The molecule has 0 bridgehead atoms. The molecule has 1 aliphatic rings. The number of nitrogens with one attached hydrogen (secondary N) is 1. The fourth-order valence-electron chi connectivity index (χ4n) is 2.99. The molecular weight excluding hydrogens is 366 g/mol. The fraction of sp³-hybridized carbons (Fsp3) is 0.429. The molecule has 1 atom stereocenters. The van der Waals surface area contributed by atoms with Crippen LogP contribution in [-0.4, -0.2) is 26.4 Å². The Hall–Kier alpha value is -2.11. The van der Waals surface area contributed by atoms with E-state index in [2.05, 4.69) is 18.3 Å². The van der Waals surface area contributed by atoms with Crippen LogP contribution >= 0.6 is 11.6 Å². The van der Waals surface area contributed by atoms with Crippen LogP contribution in [-0.2, 0) is 6.54 Å². The van der Waals surface area contributed by atoms with Crippen molar-refractivity contribution < 1.29 is 18.9 Å². The van der Waals surface area contributed by atoms with E-state index < -0.39 is 0 Å². The van der Waals surface area contributed by atoms with Gasteiger partial charge in [-0.1, -0.05) is 17.7 Å². The van der Waals surface area contributed by atoms with Crippen molar-refractivity contribution in [3.63, 3.8) is 0 Å². The van der Waals surface area contributed by atoms with E-state index >= 15 is 0 Å². The molecule has 0 aliphatic carbocycles. The van der Waals surface area contributed by atoms with E-state index in [0.29, 0.717) is 49.5 Å². The first-order chi connectivity index (χ1) is 13.1. The number of rotatable bonds is 8. The van der Waals surface area contributed by atoms with Crippen LogP contribution in [0.1, 0.15) is 37.9 Å². The molecule has 6 heteroatoms. The third kappa shape index (κ3) is 4.79. The van der Waals surface area contributed by atoms with E-state index in [0.717, 1.165) is 22.6 Å². The molecule has 2 aromatic carbocycles. The Kier molecular flexibility index (Phi) is 6.69. The Morgan fingerprint density at radius 1 is 1.04 bits per heavy atom. The van der Waals surface area contributed by atoms with Crippen molar-refractivity contribution in [2.24, 2.45) is 0 Å². The smallest absolute Gasteiger partial charge is 0.179 e. The molecule has 2 aromatic rings. The first kappa shape index (κ1) is 19.6. The predicted molar refractivity (Wildman–Crippen MR) is 106 cm³/mol. The second-order valence-corrected chi connectivity index (χ2v) is 6.68. The summed E-state index contributed by atoms with van der Waals surface area (Å²) in [5, 5.41) is 4.10. The third-order valence-electron chi connectivity index (χ3n) is 4.34. The van der Waals surface area contributed by atoms with Gasteiger partial charge in [0.25, 0.3) is 0 Å². The molecule has 1 N–H and O–H groups in total. The van der Waals surface area contributed by atoms with Gasteiger partial charge in [0.15, 0.2) is 23.0 Å². The van der Waals surface area contributed by atoms with Gasteiger partial charge in [-0.25, -0.2) is 0 Å². The van der Waals surface area contributed by atoms with Gasteiger partial charge in [-0.05, 0) is 56.2 Å². The maximum atomic E-state index is 6.32. The van der Waals surface area contributed by atoms with Crippen LogP contribution in [0.25, 0.3) is 0 Å². The molecule has 5 nitrogen and oxygen atoms in total. The van der Waals surface area contributed by atoms with Gasteiger partial charge in [0.05, 0.1) is 18.2 Å². The lowest BCUT2D eigenvalue weighted by Gasteiger charge is -2.21. The number of ether oxygens (including phenoxy) is 4. The maximum Gasteiger partial charge on any atom is 0.179 e. The van der Waals surface area contributed by atoms with E-state index in [-0.39, 0.29) is 6.04 Å². The van der Waals surface area contributed by atoms with Crippen molar-refractivity contribution >= 4 is 11.6 Å². The minimum atomic E-state index is 0.131. The zero-order valence-electron chi connectivity index (χ0n) is 16.0. The molecule has 0 amide bonds. The number of hydrogen-bond acceptors (Lipinski definition) is 5. The van der Waals surface area contributed by atoms with Crippen LogP contribution in [0.5, 0.6) is 23.0 Å². The van der Waals surface area contributed by atoms with Gasteiger partial charge >= 0.3 is 0 Å². The van der Waals surface area contributed by atoms with Crippen LogP contribution in [0, 0.1) is 0 Å². The number of hydrogen-bond donors (Lipinski definition) is 1. The number of fused-ring (bicyclic) bond motifs is 1. The SMILES string of the molecule is CCOc1ccc(C(C)NCc2cc(Cl)c3c(c2)OCCO3)cc1OCC. The van der Waals surface area contributed by atoms with Crippen molar-refractivity contribution in [1.82, 2.24) is 5.32 Å².